The fraction of sp³-hybridized carbons (Fsp3) is 0.577. The summed E-state index contributed by atoms with van der Waals surface area (Å²) in [5, 5.41) is 3.28. The van der Waals surface area contributed by atoms with Crippen LogP contribution in [0.5, 0.6) is 0 Å². The van der Waals surface area contributed by atoms with E-state index in [-0.39, 0.29) is 17.9 Å². The first-order valence-corrected chi connectivity index (χ1v) is 12.2. The Morgan fingerprint density at radius 2 is 1.78 bits per heavy atom. The summed E-state index contributed by atoms with van der Waals surface area (Å²) in [6.45, 7) is 9.46. The highest BCUT2D eigenvalue weighted by atomic mass is 16.1. The molecule has 6 heteroatoms. The molecule has 0 aromatic carbocycles. The van der Waals surface area contributed by atoms with Gasteiger partial charge in [0.2, 0.25) is 5.91 Å². The maximum Gasteiger partial charge on any atom is 0.223 e. The minimum absolute atomic E-state index is 0.0794. The van der Waals surface area contributed by atoms with Crippen LogP contribution in [0.3, 0.4) is 0 Å². The Labute approximate surface area is 192 Å². The fourth-order valence-corrected chi connectivity index (χ4v) is 5.19. The monoisotopic (exact) mass is 435 g/mol. The molecule has 4 rings (SSSR count). The average molecular weight is 436 g/mol. The number of pyridine rings is 2. The van der Waals surface area contributed by atoms with E-state index in [1.165, 1.54) is 18.5 Å². The standard InChI is InChI=1S/C26H37N5O/c1-3-25(21-7-13-27-14-8-21)29-26(32)22-9-17-31(18-10-22)24-11-15-30(16-12-24)19-23-6-4-5-20(2)28-23/h4-8,13-14,22,24-25H,3,9-12,15-19H2,1-2H3,(H,29,32). The van der Waals surface area contributed by atoms with Gasteiger partial charge in [0.05, 0.1) is 11.7 Å². The number of aromatic nitrogens is 2. The molecule has 4 heterocycles. The summed E-state index contributed by atoms with van der Waals surface area (Å²) >= 11 is 0. The van der Waals surface area contributed by atoms with Crippen LogP contribution in [0.15, 0.2) is 42.7 Å². The van der Waals surface area contributed by atoms with Gasteiger partial charge in [0, 0.05) is 49.7 Å². The number of piperidine rings is 2. The Hall–Kier alpha value is -2.31. The Balaban J connectivity index is 1.21. The number of aryl methyl sites for hydroxylation is 1. The highest BCUT2D eigenvalue weighted by molar-refractivity contribution is 5.79. The van der Waals surface area contributed by atoms with Gasteiger partial charge >= 0.3 is 0 Å². The van der Waals surface area contributed by atoms with Gasteiger partial charge < -0.3 is 10.2 Å². The van der Waals surface area contributed by atoms with Crippen molar-refractivity contribution in [1.82, 2.24) is 25.1 Å². The van der Waals surface area contributed by atoms with Crippen LogP contribution in [0, 0.1) is 12.8 Å². The lowest BCUT2D eigenvalue weighted by molar-refractivity contribution is -0.127. The molecule has 2 aliphatic heterocycles. The zero-order chi connectivity index (χ0) is 22.3. The van der Waals surface area contributed by atoms with E-state index in [0.717, 1.165) is 63.2 Å². The number of nitrogens with zero attached hydrogens (tertiary/aromatic N) is 4. The highest BCUT2D eigenvalue weighted by Crippen LogP contribution is 2.26. The first kappa shape index (κ1) is 22.9. The molecule has 32 heavy (non-hydrogen) atoms. The Morgan fingerprint density at radius 3 is 2.44 bits per heavy atom. The van der Waals surface area contributed by atoms with Crippen LogP contribution >= 0.6 is 0 Å². The first-order chi connectivity index (χ1) is 15.6. The number of nitrogens with one attached hydrogen (secondary N) is 1. The van der Waals surface area contributed by atoms with Crippen molar-refractivity contribution in [2.24, 2.45) is 5.92 Å². The molecule has 2 aliphatic rings. The Bertz CT molecular complexity index is 858. The number of hydrogen-bond acceptors (Lipinski definition) is 5. The minimum Gasteiger partial charge on any atom is -0.349 e. The number of carbonyl (C=O) groups is 1. The lowest BCUT2D eigenvalue weighted by Gasteiger charge is -2.41. The quantitative estimate of drug-likeness (QED) is 0.718. The number of amides is 1. The van der Waals surface area contributed by atoms with Gasteiger partial charge in [0.1, 0.15) is 0 Å². The molecule has 1 amide bonds. The molecule has 0 saturated carbocycles. The van der Waals surface area contributed by atoms with Crippen molar-refractivity contribution in [2.45, 2.75) is 64.6 Å². The summed E-state index contributed by atoms with van der Waals surface area (Å²) in [4.78, 5) is 26.8. The molecule has 2 fully saturated rings. The van der Waals surface area contributed by atoms with Crippen LogP contribution in [-0.4, -0.2) is 57.9 Å². The van der Waals surface area contributed by atoms with E-state index in [1.807, 2.05) is 12.1 Å². The summed E-state index contributed by atoms with van der Waals surface area (Å²) in [6, 6.07) is 11.0. The van der Waals surface area contributed by atoms with Crippen molar-refractivity contribution in [3.8, 4) is 0 Å². The smallest absolute Gasteiger partial charge is 0.223 e. The second-order valence-electron chi connectivity index (χ2n) is 9.34. The molecule has 172 valence electrons. The van der Waals surface area contributed by atoms with Crippen molar-refractivity contribution in [3.63, 3.8) is 0 Å². The van der Waals surface area contributed by atoms with Crippen molar-refractivity contribution < 1.29 is 4.79 Å². The van der Waals surface area contributed by atoms with E-state index >= 15 is 0 Å². The number of rotatable bonds is 7. The zero-order valence-electron chi connectivity index (χ0n) is 19.5. The van der Waals surface area contributed by atoms with Crippen LogP contribution in [0.1, 0.15) is 62.0 Å². The van der Waals surface area contributed by atoms with Gasteiger partial charge in [0.15, 0.2) is 0 Å². The van der Waals surface area contributed by atoms with E-state index in [4.69, 9.17) is 0 Å². The van der Waals surface area contributed by atoms with E-state index in [1.54, 1.807) is 12.4 Å². The van der Waals surface area contributed by atoms with Crippen molar-refractivity contribution in [2.75, 3.05) is 26.2 Å². The molecule has 0 spiro atoms. The molecule has 6 nitrogen and oxygen atoms in total. The minimum atomic E-state index is 0.0794. The number of likely N-dealkylation sites (tertiary alicyclic amines) is 2. The van der Waals surface area contributed by atoms with Crippen LogP contribution < -0.4 is 5.32 Å². The largest absolute Gasteiger partial charge is 0.349 e. The van der Waals surface area contributed by atoms with Crippen molar-refractivity contribution >= 4 is 5.91 Å². The number of hydrogen-bond donors (Lipinski definition) is 1. The second-order valence-corrected chi connectivity index (χ2v) is 9.34. The maximum absolute atomic E-state index is 12.9. The van der Waals surface area contributed by atoms with Gasteiger partial charge in [0.25, 0.3) is 0 Å². The molecule has 2 aromatic heterocycles. The lowest BCUT2D eigenvalue weighted by atomic mass is 9.92. The third kappa shape index (κ3) is 5.93. The van der Waals surface area contributed by atoms with Crippen molar-refractivity contribution in [1.29, 1.82) is 0 Å². The molecule has 0 aliphatic carbocycles. The normalized spacial score (nSPS) is 20.2. The molecule has 0 radical (unpaired) electrons. The van der Waals surface area contributed by atoms with Crippen LogP contribution in [0.2, 0.25) is 0 Å². The molecule has 1 N–H and O–H groups in total. The maximum atomic E-state index is 12.9. The first-order valence-electron chi connectivity index (χ1n) is 12.2. The third-order valence-corrected chi connectivity index (χ3v) is 7.14. The second kappa shape index (κ2) is 11.0. The van der Waals surface area contributed by atoms with E-state index in [2.05, 4.69) is 57.1 Å². The molecule has 1 atom stereocenters. The summed E-state index contributed by atoms with van der Waals surface area (Å²) in [5.41, 5.74) is 3.41. The number of carbonyl (C=O) groups excluding carboxylic acids is 1. The Kier molecular flexibility index (Phi) is 7.87. The van der Waals surface area contributed by atoms with Gasteiger partial charge in [-0.2, -0.15) is 0 Å². The van der Waals surface area contributed by atoms with Gasteiger partial charge in [-0.05, 0) is 81.9 Å². The predicted molar refractivity (Wildman–Crippen MR) is 127 cm³/mol. The SMILES string of the molecule is CCC(NC(=O)C1CCN(C2CCN(Cc3cccc(C)n3)CC2)CC1)c1ccncc1. The van der Waals surface area contributed by atoms with Crippen LogP contribution in [0.4, 0.5) is 0 Å². The van der Waals surface area contributed by atoms with Gasteiger partial charge in [-0.3, -0.25) is 19.7 Å². The summed E-state index contributed by atoms with van der Waals surface area (Å²) in [7, 11) is 0. The zero-order valence-corrected chi connectivity index (χ0v) is 19.5. The van der Waals surface area contributed by atoms with Gasteiger partial charge in [-0.25, -0.2) is 0 Å². The van der Waals surface area contributed by atoms with Crippen LogP contribution in [-0.2, 0) is 11.3 Å². The molecule has 2 aromatic rings. The third-order valence-electron chi connectivity index (χ3n) is 7.14. The summed E-state index contributed by atoms with van der Waals surface area (Å²) in [5.74, 6) is 0.350. The van der Waals surface area contributed by atoms with E-state index in [0.29, 0.717) is 6.04 Å². The molecule has 2 saturated heterocycles. The van der Waals surface area contributed by atoms with E-state index in [9.17, 15) is 4.79 Å². The van der Waals surface area contributed by atoms with Crippen molar-refractivity contribution in [3.05, 3.63) is 59.7 Å². The van der Waals surface area contributed by atoms with Gasteiger partial charge in [-0.1, -0.05) is 13.0 Å². The van der Waals surface area contributed by atoms with Crippen LogP contribution in [0.25, 0.3) is 0 Å². The lowest BCUT2D eigenvalue weighted by Crippen LogP contribution is -2.49. The van der Waals surface area contributed by atoms with Gasteiger partial charge in [-0.15, -0.1) is 0 Å². The average Bonchev–Trinajstić information content (AvgIpc) is 2.83. The highest BCUT2D eigenvalue weighted by Gasteiger charge is 2.31. The molecule has 0 bridgehead atoms. The molecular weight excluding hydrogens is 398 g/mol. The predicted octanol–water partition coefficient (Wildman–Crippen LogP) is 3.73. The molecule has 1 unspecified atom stereocenters. The fourth-order valence-electron chi connectivity index (χ4n) is 5.19. The van der Waals surface area contributed by atoms with E-state index < -0.39 is 0 Å². The summed E-state index contributed by atoms with van der Waals surface area (Å²) in [6.07, 6.45) is 8.84. The topological polar surface area (TPSA) is 61.4 Å². The summed E-state index contributed by atoms with van der Waals surface area (Å²) < 4.78 is 0. The Morgan fingerprint density at radius 1 is 1.06 bits per heavy atom. The molecular formula is C26H37N5O.